The fraction of sp³-hybridized carbons (Fsp3) is 0.600. The summed E-state index contributed by atoms with van der Waals surface area (Å²) >= 11 is 0. The molecule has 0 saturated carbocycles. The normalized spacial score (nSPS) is 20.0. The first-order valence-electron chi connectivity index (χ1n) is 7.49. The summed E-state index contributed by atoms with van der Waals surface area (Å²) in [6.45, 7) is 6.11. The number of likely N-dealkylation sites (tertiary alicyclic amines) is 1. The molecular weight excluding hydrogens is 286 g/mol. The maximum absolute atomic E-state index is 12.4. The maximum atomic E-state index is 12.4. The van der Waals surface area contributed by atoms with Crippen LogP contribution < -0.4 is 10.0 Å². The maximum Gasteiger partial charge on any atom is 0.240 e. The summed E-state index contributed by atoms with van der Waals surface area (Å²) in [6.07, 6.45) is 1.06. The molecule has 5 nitrogen and oxygen atoms in total. The molecular formula is C15H25N3O2S. The van der Waals surface area contributed by atoms with Crippen LogP contribution in [0.15, 0.2) is 29.2 Å². The summed E-state index contributed by atoms with van der Waals surface area (Å²) in [6, 6.07) is 7.13. The number of hydrogen-bond acceptors (Lipinski definition) is 4. The largest absolute Gasteiger partial charge is 0.313 e. The van der Waals surface area contributed by atoms with Gasteiger partial charge in [-0.1, -0.05) is 19.1 Å². The van der Waals surface area contributed by atoms with Gasteiger partial charge in [-0.3, -0.25) is 0 Å². The first-order valence-corrected chi connectivity index (χ1v) is 8.97. The zero-order valence-electron chi connectivity index (χ0n) is 12.8. The number of nitrogens with one attached hydrogen (secondary N) is 2. The highest BCUT2D eigenvalue weighted by Crippen LogP contribution is 2.15. The molecule has 1 fully saturated rings. The molecule has 2 N–H and O–H groups in total. The molecule has 0 bridgehead atoms. The average molecular weight is 311 g/mol. The van der Waals surface area contributed by atoms with Gasteiger partial charge < -0.3 is 10.2 Å². The zero-order chi connectivity index (χ0) is 15.3. The van der Waals surface area contributed by atoms with Crippen LogP contribution in [0.25, 0.3) is 0 Å². The van der Waals surface area contributed by atoms with Crippen molar-refractivity contribution in [2.24, 2.45) is 5.92 Å². The summed E-state index contributed by atoms with van der Waals surface area (Å²) < 4.78 is 27.4. The fourth-order valence-corrected chi connectivity index (χ4v) is 3.78. The molecule has 1 saturated heterocycles. The standard InChI is InChI=1S/C15H25N3O2S/c1-3-16-10-13-5-4-6-15(9-13)21(19,20)17-11-14-7-8-18(2)12-14/h4-6,9,14,16-17H,3,7-8,10-12H2,1-2H3. The summed E-state index contributed by atoms with van der Waals surface area (Å²) in [5.41, 5.74) is 0.986. The van der Waals surface area contributed by atoms with Crippen molar-refractivity contribution in [3.63, 3.8) is 0 Å². The molecule has 21 heavy (non-hydrogen) atoms. The van der Waals surface area contributed by atoms with Crippen molar-refractivity contribution in [3.8, 4) is 0 Å². The molecule has 1 atom stereocenters. The lowest BCUT2D eigenvalue weighted by molar-refractivity contribution is 0.394. The third-order valence-electron chi connectivity index (χ3n) is 3.84. The van der Waals surface area contributed by atoms with Gasteiger partial charge in [-0.2, -0.15) is 0 Å². The van der Waals surface area contributed by atoms with E-state index in [1.807, 2.05) is 13.0 Å². The first kappa shape index (κ1) is 16.4. The molecule has 1 aliphatic heterocycles. The van der Waals surface area contributed by atoms with E-state index >= 15 is 0 Å². The molecule has 1 aliphatic rings. The van der Waals surface area contributed by atoms with E-state index in [0.717, 1.165) is 31.6 Å². The van der Waals surface area contributed by atoms with Crippen LogP contribution in [0.1, 0.15) is 18.9 Å². The van der Waals surface area contributed by atoms with Crippen LogP contribution in [0.3, 0.4) is 0 Å². The second kappa shape index (κ2) is 7.35. The van der Waals surface area contributed by atoms with Crippen molar-refractivity contribution in [3.05, 3.63) is 29.8 Å². The van der Waals surface area contributed by atoms with E-state index in [2.05, 4.69) is 22.0 Å². The highest BCUT2D eigenvalue weighted by atomic mass is 32.2. The van der Waals surface area contributed by atoms with Crippen molar-refractivity contribution < 1.29 is 8.42 Å². The van der Waals surface area contributed by atoms with Crippen LogP contribution in [0, 0.1) is 5.92 Å². The predicted octanol–water partition coefficient (Wildman–Crippen LogP) is 1.03. The third-order valence-corrected chi connectivity index (χ3v) is 5.26. The highest BCUT2D eigenvalue weighted by Gasteiger charge is 2.22. The average Bonchev–Trinajstić information content (AvgIpc) is 2.89. The lowest BCUT2D eigenvalue weighted by Gasteiger charge is -2.13. The van der Waals surface area contributed by atoms with E-state index in [1.165, 1.54) is 0 Å². The van der Waals surface area contributed by atoms with E-state index in [9.17, 15) is 8.42 Å². The Morgan fingerprint density at radius 2 is 2.19 bits per heavy atom. The number of nitrogens with zero attached hydrogens (tertiary/aromatic N) is 1. The lowest BCUT2D eigenvalue weighted by atomic mass is 10.1. The smallest absolute Gasteiger partial charge is 0.240 e. The van der Waals surface area contributed by atoms with Crippen molar-refractivity contribution in [1.82, 2.24) is 14.9 Å². The van der Waals surface area contributed by atoms with E-state index in [4.69, 9.17) is 0 Å². The SMILES string of the molecule is CCNCc1cccc(S(=O)(=O)NCC2CCN(C)C2)c1. The Bertz CT molecular complexity index is 560. The zero-order valence-corrected chi connectivity index (χ0v) is 13.6. The number of sulfonamides is 1. The summed E-state index contributed by atoms with van der Waals surface area (Å²) in [4.78, 5) is 2.58. The summed E-state index contributed by atoms with van der Waals surface area (Å²) in [5, 5.41) is 3.20. The molecule has 0 spiro atoms. The van der Waals surface area contributed by atoms with Crippen molar-refractivity contribution >= 4 is 10.0 Å². The topological polar surface area (TPSA) is 61.4 Å². The molecule has 0 radical (unpaired) electrons. The van der Waals surface area contributed by atoms with E-state index in [1.54, 1.807) is 18.2 Å². The van der Waals surface area contributed by atoms with Gasteiger partial charge in [-0.25, -0.2) is 13.1 Å². The van der Waals surface area contributed by atoms with Gasteiger partial charge in [0.25, 0.3) is 0 Å². The van der Waals surface area contributed by atoms with Crippen LogP contribution in [0.5, 0.6) is 0 Å². The van der Waals surface area contributed by atoms with Gasteiger partial charge in [-0.15, -0.1) is 0 Å². The van der Waals surface area contributed by atoms with E-state index in [-0.39, 0.29) is 0 Å². The monoisotopic (exact) mass is 311 g/mol. The Morgan fingerprint density at radius 1 is 1.38 bits per heavy atom. The number of hydrogen-bond donors (Lipinski definition) is 2. The molecule has 6 heteroatoms. The van der Waals surface area contributed by atoms with Gasteiger partial charge in [0.15, 0.2) is 0 Å². The predicted molar refractivity (Wildman–Crippen MR) is 84.6 cm³/mol. The highest BCUT2D eigenvalue weighted by molar-refractivity contribution is 7.89. The van der Waals surface area contributed by atoms with E-state index in [0.29, 0.717) is 23.9 Å². The Kier molecular flexibility index (Phi) is 5.75. The van der Waals surface area contributed by atoms with E-state index < -0.39 is 10.0 Å². The van der Waals surface area contributed by atoms with Crippen LogP contribution in [-0.4, -0.2) is 46.5 Å². The molecule has 1 unspecified atom stereocenters. The molecule has 118 valence electrons. The summed E-state index contributed by atoms with van der Waals surface area (Å²) in [5.74, 6) is 0.412. The number of benzene rings is 1. The van der Waals surface area contributed by atoms with Crippen LogP contribution >= 0.6 is 0 Å². The lowest BCUT2D eigenvalue weighted by Crippen LogP contribution is -2.30. The Hall–Kier alpha value is -0.950. The summed E-state index contributed by atoms with van der Waals surface area (Å²) in [7, 11) is -1.34. The molecule has 1 aromatic rings. The second-order valence-electron chi connectivity index (χ2n) is 5.70. The van der Waals surface area contributed by atoms with Crippen molar-refractivity contribution in [1.29, 1.82) is 0 Å². The van der Waals surface area contributed by atoms with Gasteiger partial charge in [0, 0.05) is 19.6 Å². The van der Waals surface area contributed by atoms with Gasteiger partial charge in [-0.05, 0) is 50.2 Å². The molecule has 2 rings (SSSR count). The Balaban J connectivity index is 1.98. The van der Waals surface area contributed by atoms with Crippen LogP contribution in [-0.2, 0) is 16.6 Å². The van der Waals surface area contributed by atoms with Crippen molar-refractivity contribution in [2.75, 3.05) is 33.2 Å². The van der Waals surface area contributed by atoms with Crippen molar-refractivity contribution in [2.45, 2.75) is 24.8 Å². The quantitative estimate of drug-likeness (QED) is 0.789. The van der Waals surface area contributed by atoms with Crippen LogP contribution in [0.2, 0.25) is 0 Å². The molecule has 1 heterocycles. The Morgan fingerprint density at radius 3 is 2.86 bits per heavy atom. The molecule has 0 aliphatic carbocycles. The van der Waals surface area contributed by atoms with Crippen LogP contribution in [0.4, 0.5) is 0 Å². The number of rotatable bonds is 7. The fourth-order valence-electron chi connectivity index (χ4n) is 2.60. The van der Waals surface area contributed by atoms with Gasteiger partial charge >= 0.3 is 0 Å². The third kappa shape index (κ3) is 4.78. The minimum absolute atomic E-state index is 0.351. The van der Waals surface area contributed by atoms with Gasteiger partial charge in [0.1, 0.15) is 0 Å². The minimum Gasteiger partial charge on any atom is -0.313 e. The molecule has 0 aromatic heterocycles. The van der Waals surface area contributed by atoms with Gasteiger partial charge in [0.05, 0.1) is 4.90 Å². The molecule has 1 aromatic carbocycles. The van der Waals surface area contributed by atoms with Gasteiger partial charge in [0.2, 0.25) is 10.0 Å². The molecule has 0 amide bonds. The Labute approximate surface area is 127 Å². The second-order valence-corrected chi connectivity index (χ2v) is 7.46. The first-order chi connectivity index (χ1) is 10.0. The minimum atomic E-state index is -3.41.